The van der Waals surface area contributed by atoms with Crippen molar-refractivity contribution < 1.29 is 9.59 Å². The van der Waals surface area contributed by atoms with Crippen LogP contribution < -0.4 is 5.32 Å². The van der Waals surface area contributed by atoms with Gasteiger partial charge < -0.3 is 5.32 Å². The number of carbonyl (C=O) groups is 2. The number of carbonyl (C=O) groups excluding carboxylic acids is 2. The number of ketones is 1. The van der Waals surface area contributed by atoms with Crippen LogP contribution in [-0.2, 0) is 4.79 Å². The lowest BCUT2D eigenvalue weighted by atomic mass is 10.2. The second-order valence-electron chi connectivity index (χ2n) is 4.43. The highest BCUT2D eigenvalue weighted by Gasteiger charge is 2.06. The van der Waals surface area contributed by atoms with Gasteiger partial charge in [0.05, 0.1) is 5.75 Å². The number of Topliss-reactive ketones (excluding diaryl/α,β-unsaturated/α-hetero) is 1. The molecule has 0 aliphatic heterocycles. The SMILES string of the molecule is CC(=O)c1cccc(SCC(=O)Nc2cccc(Cl)c2)c1. The van der Waals surface area contributed by atoms with E-state index in [1.165, 1.54) is 18.7 Å². The van der Waals surface area contributed by atoms with E-state index in [0.29, 0.717) is 16.3 Å². The second kappa shape index (κ2) is 7.29. The third kappa shape index (κ3) is 4.92. The number of thioether (sulfide) groups is 1. The van der Waals surface area contributed by atoms with Gasteiger partial charge in [-0.1, -0.05) is 29.8 Å². The average Bonchev–Trinajstić information content (AvgIpc) is 2.45. The van der Waals surface area contributed by atoms with E-state index in [1.54, 1.807) is 36.4 Å². The van der Waals surface area contributed by atoms with Crippen molar-refractivity contribution in [2.24, 2.45) is 0 Å². The molecule has 1 N–H and O–H groups in total. The predicted octanol–water partition coefficient (Wildman–Crippen LogP) is 4.27. The maximum atomic E-state index is 11.9. The first-order valence-corrected chi connectivity index (χ1v) is 7.70. The summed E-state index contributed by atoms with van der Waals surface area (Å²) in [7, 11) is 0. The highest BCUT2D eigenvalue weighted by atomic mass is 35.5. The molecule has 108 valence electrons. The quantitative estimate of drug-likeness (QED) is 0.661. The van der Waals surface area contributed by atoms with Crippen LogP contribution in [0.25, 0.3) is 0 Å². The zero-order chi connectivity index (χ0) is 15.2. The molecule has 0 bridgehead atoms. The molecular formula is C16H14ClNO2S. The zero-order valence-corrected chi connectivity index (χ0v) is 13.0. The summed E-state index contributed by atoms with van der Waals surface area (Å²) in [4.78, 5) is 24.1. The monoisotopic (exact) mass is 319 g/mol. The van der Waals surface area contributed by atoms with Crippen molar-refractivity contribution in [1.29, 1.82) is 0 Å². The summed E-state index contributed by atoms with van der Waals surface area (Å²) < 4.78 is 0. The maximum Gasteiger partial charge on any atom is 0.234 e. The van der Waals surface area contributed by atoms with Gasteiger partial charge in [0, 0.05) is 21.2 Å². The summed E-state index contributed by atoms with van der Waals surface area (Å²) in [5.74, 6) is 0.171. The molecule has 0 saturated carbocycles. The van der Waals surface area contributed by atoms with E-state index in [4.69, 9.17) is 11.6 Å². The Hall–Kier alpha value is -1.78. The van der Waals surface area contributed by atoms with E-state index in [-0.39, 0.29) is 17.4 Å². The van der Waals surface area contributed by atoms with Crippen molar-refractivity contribution in [2.75, 3.05) is 11.1 Å². The fraction of sp³-hybridized carbons (Fsp3) is 0.125. The van der Waals surface area contributed by atoms with Gasteiger partial charge in [0.1, 0.15) is 0 Å². The number of nitrogens with one attached hydrogen (secondary N) is 1. The van der Waals surface area contributed by atoms with Crippen LogP contribution in [0.2, 0.25) is 5.02 Å². The predicted molar refractivity (Wildman–Crippen MR) is 87.3 cm³/mol. The summed E-state index contributed by atoms with van der Waals surface area (Å²) in [5.41, 5.74) is 1.32. The number of hydrogen-bond donors (Lipinski definition) is 1. The van der Waals surface area contributed by atoms with Gasteiger partial charge in [-0.3, -0.25) is 9.59 Å². The average molecular weight is 320 g/mol. The number of anilines is 1. The molecule has 0 unspecified atom stereocenters. The summed E-state index contributed by atoms with van der Waals surface area (Å²) >= 11 is 7.25. The molecule has 3 nitrogen and oxygen atoms in total. The molecule has 2 aromatic rings. The largest absolute Gasteiger partial charge is 0.325 e. The fourth-order valence-electron chi connectivity index (χ4n) is 1.72. The van der Waals surface area contributed by atoms with Gasteiger partial charge in [0.25, 0.3) is 0 Å². The van der Waals surface area contributed by atoms with Gasteiger partial charge in [0.2, 0.25) is 5.91 Å². The summed E-state index contributed by atoms with van der Waals surface area (Å²) in [6, 6.07) is 14.3. The van der Waals surface area contributed by atoms with Crippen LogP contribution in [0.1, 0.15) is 17.3 Å². The minimum Gasteiger partial charge on any atom is -0.325 e. The van der Waals surface area contributed by atoms with E-state index in [0.717, 1.165) is 4.90 Å². The Bertz CT molecular complexity index is 673. The van der Waals surface area contributed by atoms with Crippen LogP contribution in [0.4, 0.5) is 5.69 Å². The lowest BCUT2D eigenvalue weighted by Gasteiger charge is -2.06. The first-order valence-electron chi connectivity index (χ1n) is 6.34. The van der Waals surface area contributed by atoms with Crippen molar-refractivity contribution in [3.63, 3.8) is 0 Å². The van der Waals surface area contributed by atoms with Crippen molar-refractivity contribution in [2.45, 2.75) is 11.8 Å². The van der Waals surface area contributed by atoms with Gasteiger partial charge in [-0.2, -0.15) is 0 Å². The van der Waals surface area contributed by atoms with Gasteiger partial charge in [-0.15, -0.1) is 11.8 Å². The molecule has 21 heavy (non-hydrogen) atoms. The van der Waals surface area contributed by atoms with Gasteiger partial charge in [-0.25, -0.2) is 0 Å². The Morgan fingerprint density at radius 1 is 1.14 bits per heavy atom. The highest BCUT2D eigenvalue weighted by molar-refractivity contribution is 8.00. The third-order valence-electron chi connectivity index (χ3n) is 2.72. The molecule has 2 aromatic carbocycles. The van der Waals surface area contributed by atoms with Crippen LogP contribution in [0.15, 0.2) is 53.4 Å². The van der Waals surface area contributed by atoms with Crippen LogP contribution in [0, 0.1) is 0 Å². The van der Waals surface area contributed by atoms with Crippen LogP contribution in [0.3, 0.4) is 0 Å². The highest BCUT2D eigenvalue weighted by Crippen LogP contribution is 2.20. The van der Waals surface area contributed by atoms with E-state index < -0.39 is 0 Å². The normalized spacial score (nSPS) is 10.2. The standard InChI is InChI=1S/C16H14ClNO2S/c1-11(19)12-4-2-7-15(8-12)21-10-16(20)18-14-6-3-5-13(17)9-14/h2-9H,10H2,1H3,(H,18,20). The molecule has 0 heterocycles. The van der Waals surface area contributed by atoms with E-state index in [9.17, 15) is 9.59 Å². The minimum absolute atomic E-state index is 0.0147. The molecule has 0 radical (unpaired) electrons. The molecule has 0 aliphatic rings. The maximum absolute atomic E-state index is 11.9. The Balaban J connectivity index is 1.92. The second-order valence-corrected chi connectivity index (χ2v) is 5.92. The van der Waals surface area contributed by atoms with Crippen LogP contribution in [-0.4, -0.2) is 17.4 Å². The third-order valence-corrected chi connectivity index (χ3v) is 3.95. The fourth-order valence-corrected chi connectivity index (χ4v) is 2.66. The van der Waals surface area contributed by atoms with Crippen molar-refractivity contribution in [3.05, 3.63) is 59.1 Å². The number of hydrogen-bond acceptors (Lipinski definition) is 3. The summed E-state index contributed by atoms with van der Waals surface area (Å²) in [6.07, 6.45) is 0. The number of amides is 1. The summed E-state index contributed by atoms with van der Waals surface area (Å²) in [6.45, 7) is 1.52. The molecule has 0 atom stereocenters. The van der Waals surface area contributed by atoms with E-state index in [1.807, 2.05) is 12.1 Å². The smallest absolute Gasteiger partial charge is 0.234 e. The topological polar surface area (TPSA) is 46.2 Å². The van der Waals surface area contributed by atoms with Crippen LogP contribution in [0.5, 0.6) is 0 Å². The Morgan fingerprint density at radius 3 is 2.62 bits per heavy atom. The van der Waals surface area contributed by atoms with Crippen molar-refractivity contribution >= 4 is 40.7 Å². The molecule has 0 spiro atoms. The van der Waals surface area contributed by atoms with Gasteiger partial charge in [0.15, 0.2) is 5.78 Å². The minimum atomic E-state index is -0.115. The molecule has 0 aliphatic carbocycles. The van der Waals surface area contributed by atoms with Gasteiger partial charge in [-0.05, 0) is 37.3 Å². The molecule has 0 saturated heterocycles. The van der Waals surface area contributed by atoms with Crippen molar-refractivity contribution in [3.8, 4) is 0 Å². The Morgan fingerprint density at radius 2 is 1.90 bits per heavy atom. The van der Waals surface area contributed by atoms with E-state index >= 15 is 0 Å². The lowest BCUT2D eigenvalue weighted by molar-refractivity contribution is -0.113. The molecule has 1 amide bonds. The van der Waals surface area contributed by atoms with Crippen molar-refractivity contribution in [1.82, 2.24) is 0 Å². The molecular weight excluding hydrogens is 306 g/mol. The molecule has 5 heteroatoms. The molecule has 0 fully saturated rings. The van der Waals surface area contributed by atoms with E-state index in [2.05, 4.69) is 5.32 Å². The van der Waals surface area contributed by atoms with Gasteiger partial charge >= 0.3 is 0 Å². The number of rotatable bonds is 5. The first-order chi connectivity index (χ1) is 10.0. The molecule has 2 rings (SSSR count). The molecule has 0 aromatic heterocycles. The first kappa shape index (κ1) is 15.6. The Kier molecular flexibility index (Phi) is 5.42. The summed E-state index contributed by atoms with van der Waals surface area (Å²) in [5, 5.41) is 3.36. The lowest BCUT2D eigenvalue weighted by Crippen LogP contribution is -2.13. The van der Waals surface area contributed by atoms with Crippen LogP contribution >= 0.6 is 23.4 Å². The number of benzene rings is 2. The zero-order valence-electron chi connectivity index (χ0n) is 11.4. The Labute approximate surface area is 132 Å². The number of halogens is 1.